The summed E-state index contributed by atoms with van der Waals surface area (Å²) in [5.74, 6) is 0. The van der Waals surface area contributed by atoms with E-state index in [0.717, 1.165) is 25.8 Å². The zero-order valence-corrected chi connectivity index (χ0v) is 14.2. The van der Waals surface area contributed by atoms with Crippen LogP contribution < -0.4 is 10.6 Å². The molecule has 0 aliphatic heterocycles. The van der Waals surface area contributed by atoms with Crippen molar-refractivity contribution in [1.82, 2.24) is 15.2 Å². The number of amides is 2. The smallest absolute Gasteiger partial charge is 0.315 e. The first-order valence-corrected chi connectivity index (χ1v) is 8.97. The summed E-state index contributed by atoms with van der Waals surface area (Å²) in [6.45, 7) is 1.58. The molecule has 2 N–H and O–H groups in total. The minimum absolute atomic E-state index is 0.0703. The van der Waals surface area contributed by atoms with E-state index in [1.165, 1.54) is 22.0 Å². The van der Waals surface area contributed by atoms with Crippen LogP contribution in [0.3, 0.4) is 0 Å². The predicted molar refractivity (Wildman–Crippen MR) is 101 cm³/mol. The number of carbonyl (C=O) groups is 1. The highest BCUT2D eigenvalue weighted by Crippen LogP contribution is 2.30. The molecule has 1 aromatic heterocycles. The summed E-state index contributed by atoms with van der Waals surface area (Å²) in [6, 6.07) is 18.9. The highest BCUT2D eigenvalue weighted by Gasteiger charge is 2.22. The standard InChI is InChI=1S/C21H23N3O/c25-21(23-19-11-10-16-6-1-3-8-18(16)19)22-13-5-14-24-15-12-17-7-2-4-9-20(17)24/h1-4,6-9,12,15,19H,5,10-11,13-14H2,(H2,22,23,25). The van der Waals surface area contributed by atoms with Gasteiger partial charge in [0, 0.05) is 24.8 Å². The fourth-order valence-corrected chi connectivity index (χ4v) is 3.70. The van der Waals surface area contributed by atoms with Crippen LogP contribution in [0.2, 0.25) is 0 Å². The molecule has 1 aliphatic rings. The average molecular weight is 333 g/mol. The number of hydrogen-bond acceptors (Lipinski definition) is 1. The van der Waals surface area contributed by atoms with E-state index in [2.05, 4.69) is 69.9 Å². The lowest BCUT2D eigenvalue weighted by atomic mass is 10.1. The number of carbonyl (C=O) groups excluding carboxylic acids is 1. The summed E-state index contributed by atoms with van der Waals surface area (Å²) in [7, 11) is 0. The summed E-state index contributed by atoms with van der Waals surface area (Å²) in [5.41, 5.74) is 3.86. The molecule has 25 heavy (non-hydrogen) atoms. The van der Waals surface area contributed by atoms with Gasteiger partial charge in [-0.25, -0.2) is 4.79 Å². The lowest BCUT2D eigenvalue weighted by Gasteiger charge is -2.15. The molecule has 1 heterocycles. The van der Waals surface area contributed by atoms with Crippen molar-refractivity contribution >= 4 is 16.9 Å². The van der Waals surface area contributed by atoms with Crippen molar-refractivity contribution in [1.29, 1.82) is 0 Å². The maximum Gasteiger partial charge on any atom is 0.315 e. The largest absolute Gasteiger partial charge is 0.347 e. The number of nitrogens with zero attached hydrogens (tertiary/aromatic N) is 1. The third-order valence-electron chi connectivity index (χ3n) is 4.98. The quantitative estimate of drug-likeness (QED) is 0.681. The molecule has 4 nitrogen and oxygen atoms in total. The Morgan fingerprint density at radius 1 is 1.08 bits per heavy atom. The Morgan fingerprint density at radius 2 is 1.92 bits per heavy atom. The second-order valence-corrected chi connectivity index (χ2v) is 6.61. The van der Waals surface area contributed by atoms with Gasteiger partial charge < -0.3 is 15.2 Å². The Morgan fingerprint density at radius 3 is 2.88 bits per heavy atom. The molecule has 0 saturated carbocycles. The van der Waals surface area contributed by atoms with Crippen molar-refractivity contribution in [2.45, 2.75) is 31.8 Å². The van der Waals surface area contributed by atoms with Gasteiger partial charge in [0.1, 0.15) is 0 Å². The average Bonchev–Trinajstić information content (AvgIpc) is 3.24. The van der Waals surface area contributed by atoms with Gasteiger partial charge in [-0.15, -0.1) is 0 Å². The van der Waals surface area contributed by atoms with Gasteiger partial charge in [-0.05, 0) is 47.9 Å². The van der Waals surface area contributed by atoms with E-state index in [9.17, 15) is 4.79 Å². The molecule has 0 fully saturated rings. The Labute approximate surface area is 147 Å². The van der Waals surface area contributed by atoms with E-state index < -0.39 is 0 Å². The van der Waals surface area contributed by atoms with Crippen LogP contribution in [0, 0.1) is 0 Å². The summed E-state index contributed by atoms with van der Waals surface area (Å²) < 4.78 is 2.24. The molecule has 4 rings (SSSR count). The number of para-hydroxylation sites is 1. The van der Waals surface area contributed by atoms with Crippen molar-refractivity contribution in [2.24, 2.45) is 0 Å². The van der Waals surface area contributed by atoms with Gasteiger partial charge in [0.25, 0.3) is 0 Å². The maximum absolute atomic E-state index is 12.2. The molecule has 4 heteroatoms. The zero-order chi connectivity index (χ0) is 17.1. The van der Waals surface area contributed by atoms with Crippen molar-refractivity contribution in [2.75, 3.05) is 6.54 Å². The van der Waals surface area contributed by atoms with Crippen LogP contribution in [0.15, 0.2) is 60.8 Å². The molecule has 1 aliphatic carbocycles. The van der Waals surface area contributed by atoms with Crippen LogP contribution >= 0.6 is 0 Å². The number of hydrogen-bond donors (Lipinski definition) is 2. The van der Waals surface area contributed by atoms with E-state index >= 15 is 0 Å². The van der Waals surface area contributed by atoms with E-state index in [0.29, 0.717) is 6.54 Å². The second kappa shape index (κ2) is 7.01. The van der Waals surface area contributed by atoms with Gasteiger partial charge in [0.2, 0.25) is 0 Å². The van der Waals surface area contributed by atoms with E-state index in [1.807, 2.05) is 6.07 Å². The maximum atomic E-state index is 12.2. The fraction of sp³-hybridized carbons (Fsp3) is 0.286. The lowest BCUT2D eigenvalue weighted by Crippen LogP contribution is -2.38. The van der Waals surface area contributed by atoms with Crippen molar-refractivity contribution in [3.05, 3.63) is 71.9 Å². The van der Waals surface area contributed by atoms with Crippen LogP contribution in [0.25, 0.3) is 10.9 Å². The molecule has 0 bridgehead atoms. The van der Waals surface area contributed by atoms with Crippen LogP contribution in [0.5, 0.6) is 0 Å². The van der Waals surface area contributed by atoms with Crippen molar-refractivity contribution < 1.29 is 4.79 Å². The normalized spacial score (nSPS) is 15.9. The number of benzene rings is 2. The zero-order valence-electron chi connectivity index (χ0n) is 14.2. The van der Waals surface area contributed by atoms with Crippen LogP contribution in [0.4, 0.5) is 4.79 Å². The number of urea groups is 1. The molecule has 2 amide bonds. The monoisotopic (exact) mass is 333 g/mol. The first-order chi connectivity index (χ1) is 12.3. The van der Waals surface area contributed by atoms with Crippen LogP contribution in [0.1, 0.15) is 30.0 Å². The van der Waals surface area contributed by atoms with Gasteiger partial charge in [-0.2, -0.15) is 0 Å². The third-order valence-corrected chi connectivity index (χ3v) is 4.98. The first-order valence-electron chi connectivity index (χ1n) is 8.97. The number of aromatic nitrogens is 1. The molecule has 0 saturated heterocycles. The van der Waals surface area contributed by atoms with E-state index in [1.54, 1.807) is 0 Å². The minimum Gasteiger partial charge on any atom is -0.347 e. The first kappa shape index (κ1) is 15.8. The summed E-state index contributed by atoms with van der Waals surface area (Å²) in [4.78, 5) is 12.2. The van der Waals surface area contributed by atoms with Gasteiger partial charge >= 0.3 is 6.03 Å². The summed E-state index contributed by atoms with van der Waals surface area (Å²) >= 11 is 0. The summed E-state index contributed by atoms with van der Waals surface area (Å²) in [5, 5.41) is 7.35. The Hall–Kier alpha value is -2.75. The van der Waals surface area contributed by atoms with Crippen LogP contribution in [-0.4, -0.2) is 17.1 Å². The van der Waals surface area contributed by atoms with Gasteiger partial charge in [-0.3, -0.25) is 0 Å². The number of nitrogens with one attached hydrogen (secondary N) is 2. The Bertz CT molecular complexity index is 883. The molecule has 1 unspecified atom stereocenters. The predicted octanol–water partition coefficient (Wildman–Crippen LogP) is 4.02. The lowest BCUT2D eigenvalue weighted by molar-refractivity contribution is 0.236. The molecule has 128 valence electrons. The molecule has 2 aromatic carbocycles. The van der Waals surface area contributed by atoms with Gasteiger partial charge in [-0.1, -0.05) is 42.5 Å². The number of fused-ring (bicyclic) bond motifs is 2. The van der Waals surface area contributed by atoms with Crippen molar-refractivity contribution in [3.8, 4) is 0 Å². The SMILES string of the molecule is O=C(NCCCn1ccc2ccccc21)NC1CCc2ccccc21. The molecular weight excluding hydrogens is 310 g/mol. The highest BCUT2D eigenvalue weighted by molar-refractivity contribution is 5.79. The second-order valence-electron chi connectivity index (χ2n) is 6.61. The van der Waals surface area contributed by atoms with Gasteiger partial charge in [0.15, 0.2) is 0 Å². The molecular formula is C21H23N3O. The number of aryl methyl sites for hydroxylation is 2. The molecule has 3 aromatic rings. The number of rotatable bonds is 5. The van der Waals surface area contributed by atoms with E-state index in [4.69, 9.17) is 0 Å². The molecule has 0 radical (unpaired) electrons. The van der Waals surface area contributed by atoms with Crippen molar-refractivity contribution in [3.63, 3.8) is 0 Å². The summed E-state index contributed by atoms with van der Waals surface area (Å²) in [6.07, 6.45) is 5.05. The van der Waals surface area contributed by atoms with Gasteiger partial charge in [0.05, 0.1) is 6.04 Å². The van der Waals surface area contributed by atoms with E-state index in [-0.39, 0.29) is 12.1 Å². The Kier molecular flexibility index (Phi) is 4.42. The highest BCUT2D eigenvalue weighted by atomic mass is 16.2. The van der Waals surface area contributed by atoms with Crippen LogP contribution in [-0.2, 0) is 13.0 Å². The molecule has 1 atom stereocenters. The topological polar surface area (TPSA) is 46.1 Å². The molecule has 0 spiro atoms. The Balaban J connectivity index is 1.25. The minimum atomic E-state index is -0.0703. The fourth-order valence-electron chi connectivity index (χ4n) is 3.70. The third kappa shape index (κ3) is 3.38.